The molecule has 1 aromatic rings. The van der Waals surface area contributed by atoms with E-state index in [0.717, 1.165) is 18.5 Å². The first-order valence-electron chi connectivity index (χ1n) is 6.13. The number of benzene rings is 1. The molecule has 2 heteroatoms. The summed E-state index contributed by atoms with van der Waals surface area (Å²) in [6.45, 7) is 3.60. The van der Waals surface area contributed by atoms with E-state index in [-0.39, 0.29) is 5.78 Å². The molecule has 0 aliphatic carbocycles. The van der Waals surface area contributed by atoms with Crippen molar-refractivity contribution in [1.82, 2.24) is 5.32 Å². The Hall–Kier alpha value is -1.15. The van der Waals surface area contributed by atoms with Crippen LogP contribution >= 0.6 is 0 Å². The Morgan fingerprint density at radius 3 is 2.56 bits per heavy atom. The zero-order valence-electron chi connectivity index (χ0n) is 10.0. The van der Waals surface area contributed by atoms with Crippen molar-refractivity contribution in [2.45, 2.75) is 32.6 Å². The van der Waals surface area contributed by atoms with E-state index < -0.39 is 0 Å². The van der Waals surface area contributed by atoms with E-state index in [1.54, 1.807) is 0 Å². The van der Waals surface area contributed by atoms with Gasteiger partial charge in [-0.1, -0.05) is 56.5 Å². The number of unbranched alkanes of at least 4 members (excludes halogenated alkanes) is 3. The highest BCUT2D eigenvalue weighted by atomic mass is 16.1. The molecule has 0 radical (unpaired) electrons. The van der Waals surface area contributed by atoms with Gasteiger partial charge in [-0.3, -0.25) is 4.79 Å². The van der Waals surface area contributed by atoms with Crippen LogP contribution < -0.4 is 5.32 Å². The second kappa shape index (κ2) is 8.05. The summed E-state index contributed by atoms with van der Waals surface area (Å²) in [6.07, 6.45) is 4.95. The highest BCUT2D eigenvalue weighted by Crippen LogP contribution is 1.99. The predicted molar refractivity (Wildman–Crippen MR) is 67.8 cm³/mol. The molecule has 0 spiro atoms. The second-order valence-electron chi connectivity index (χ2n) is 4.03. The van der Waals surface area contributed by atoms with E-state index >= 15 is 0 Å². The maximum atomic E-state index is 11.7. The lowest BCUT2D eigenvalue weighted by Gasteiger charge is -2.03. The average Bonchev–Trinajstić information content (AvgIpc) is 2.34. The molecule has 0 atom stereocenters. The van der Waals surface area contributed by atoms with E-state index in [0.29, 0.717) is 6.54 Å². The van der Waals surface area contributed by atoms with Crippen LogP contribution in [0.4, 0.5) is 0 Å². The molecular weight excluding hydrogens is 198 g/mol. The molecule has 0 unspecified atom stereocenters. The number of rotatable bonds is 8. The first kappa shape index (κ1) is 12.9. The predicted octanol–water partition coefficient (Wildman–Crippen LogP) is 3.04. The zero-order chi connectivity index (χ0) is 11.6. The number of carbonyl (C=O) groups excluding carboxylic acids is 1. The lowest BCUT2D eigenvalue weighted by atomic mass is 10.1. The van der Waals surface area contributed by atoms with Crippen LogP contribution in [0.15, 0.2) is 30.3 Å². The van der Waals surface area contributed by atoms with Crippen molar-refractivity contribution in [2.75, 3.05) is 13.1 Å². The molecule has 0 aromatic heterocycles. The van der Waals surface area contributed by atoms with Gasteiger partial charge in [0.25, 0.3) is 0 Å². The molecule has 88 valence electrons. The molecule has 1 aromatic carbocycles. The van der Waals surface area contributed by atoms with Gasteiger partial charge in [-0.05, 0) is 13.0 Å². The van der Waals surface area contributed by atoms with Crippen LogP contribution in [0.2, 0.25) is 0 Å². The van der Waals surface area contributed by atoms with Gasteiger partial charge in [0.05, 0.1) is 6.54 Å². The highest BCUT2D eigenvalue weighted by Gasteiger charge is 2.02. The number of ketones is 1. The molecule has 0 bridgehead atoms. The number of Topliss-reactive ketones (excluding diaryl/α,β-unsaturated/α-hetero) is 1. The minimum absolute atomic E-state index is 0.177. The van der Waals surface area contributed by atoms with Gasteiger partial charge in [0, 0.05) is 5.56 Å². The Balaban J connectivity index is 2.12. The van der Waals surface area contributed by atoms with Gasteiger partial charge < -0.3 is 5.32 Å². The van der Waals surface area contributed by atoms with Crippen LogP contribution in [0, 0.1) is 0 Å². The van der Waals surface area contributed by atoms with Crippen molar-refractivity contribution in [1.29, 1.82) is 0 Å². The minimum atomic E-state index is 0.177. The van der Waals surface area contributed by atoms with Crippen molar-refractivity contribution >= 4 is 5.78 Å². The SMILES string of the molecule is CCCCCCNCC(=O)c1ccccc1. The van der Waals surface area contributed by atoms with E-state index in [9.17, 15) is 4.79 Å². The summed E-state index contributed by atoms with van der Waals surface area (Å²) in [5.74, 6) is 0.177. The molecule has 16 heavy (non-hydrogen) atoms. The maximum Gasteiger partial charge on any atom is 0.176 e. The van der Waals surface area contributed by atoms with Crippen LogP contribution in [0.5, 0.6) is 0 Å². The topological polar surface area (TPSA) is 29.1 Å². The van der Waals surface area contributed by atoms with Crippen molar-refractivity contribution in [3.63, 3.8) is 0 Å². The summed E-state index contributed by atoms with van der Waals surface area (Å²) in [7, 11) is 0. The van der Waals surface area contributed by atoms with Crippen molar-refractivity contribution in [3.8, 4) is 0 Å². The summed E-state index contributed by atoms with van der Waals surface area (Å²) >= 11 is 0. The molecule has 0 amide bonds. The average molecular weight is 219 g/mol. The third-order valence-electron chi connectivity index (χ3n) is 2.59. The fourth-order valence-electron chi connectivity index (χ4n) is 1.60. The van der Waals surface area contributed by atoms with Gasteiger partial charge in [0.2, 0.25) is 0 Å². The summed E-state index contributed by atoms with van der Waals surface area (Å²) in [5, 5.41) is 3.19. The van der Waals surface area contributed by atoms with Crippen LogP contribution in [-0.4, -0.2) is 18.9 Å². The second-order valence-corrected chi connectivity index (χ2v) is 4.03. The summed E-state index contributed by atoms with van der Waals surface area (Å²) in [4.78, 5) is 11.7. The van der Waals surface area contributed by atoms with Gasteiger partial charge in [0.1, 0.15) is 0 Å². The number of hydrogen-bond donors (Lipinski definition) is 1. The van der Waals surface area contributed by atoms with Gasteiger partial charge >= 0.3 is 0 Å². The van der Waals surface area contributed by atoms with E-state index in [4.69, 9.17) is 0 Å². The van der Waals surface area contributed by atoms with E-state index in [1.165, 1.54) is 19.3 Å². The summed E-state index contributed by atoms with van der Waals surface area (Å²) in [6, 6.07) is 9.44. The lowest BCUT2D eigenvalue weighted by molar-refractivity contribution is 0.0991. The largest absolute Gasteiger partial charge is 0.310 e. The fraction of sp³-hybridized carbons (Fsp3) is 0.500. The van der Waals surface area contributed by atoms with Crippen LogP contribution in [-0.2, 0) is 0 Å². The van der Waals surface area contributed by atoms with Crippen molar-refractivity contribution in [3.05, 3.63) is 35.9 Å². The molecular formula is C14H21NO. The first-order valence-corrected chi connectivity index (χ1v) is 6.13. The molecule has 0 fully saturated rings. The molecule has 0 aliphatic rings. The first-order chi connectivity index (χ1) is 7.84. The van der Waals surface area contributed by atoms with Gasteiger partial charge in [-0.2, -0.15) is 0 Å². The molecule has 0 aliphatic heterocycles. The Morgan fingerprint density at radius 2 is 1.88 bits per heavy atom. The molecule has 1 N–H and O–H groups in total. The Kier molecular flexibility index (Phi) is 6.50. The highest BCUT2D eigenvalue weighted by molar-refractivity contribution is 5.97. The lowest BCUT2D eigenvalue weighted by Crippen LogP contribution is -2.23. The molecule has 0 saturated carbocycles. The van der Waals surface area contributed by atoms with Crippen LogP contribution in [0.25, 0.3) is 0 Å². The third-order valence-corrected chi connectivity index (χ3v) is 2.59. The van der Waals surface area contributed by atoms with Crippen LogP contribution in [0.1, 0.15) is 43.0 Å². The van der Waals surface area contributed by atoms with Gasteiger partial charge in [-0.15, -0.1) is 0 Å². The van der Waals surface area contributed by atoms with E-state index in [1.807, 2.05) is 30.3 Å². The number of nitrogens with one attached hydrogen (secondary N) is 1. The number of carbonyl (C=O) groups is 1. The Bertz CT molecular complexity index is 295. The van der Waals surface area contributed by atoms with Gasteiger partial charge in [-0.25, -0.2) is 0 Å². The fourth-order valence-corrected chi connectivity index (χ4v) is 1.60. The monoisotopic (exact) mass is 219 g/mol. The van der Waals surface area contributed by atoms with Crippen molar-refractivity contribution in [2.24, 2.45) is 0 Å². The zero-order valence-corrected chi connectivity index (χ0v) is 10.0. The Labute approximate surface area is 98.1 Å². The summed E-state index contributed by atoms with van der Waals surface area (Å²) in [5.41, 5.74) is 0.795. The van der Waals surface area contributed by atoms with Crippen molar-refractivity contribution < 1.29 is 4.79 Å². The number of hydrogen-bond acceptors (Lipinski definition) is 2. The van der Waals surface area contributed by atoms with Crippen LogP contribution in [0.3, 0.4) is 0 Å². The van der Waals surface area contributed by atoms with E-state index in [2.05, 4.69) is 12.2 Å². The maximum absolute atomic E-state index is 11.7. The smallest absolute Gasteiger partial charge is 0.176 e. The Morgan fingerprint density at radius 1 is 1.12 bits per heavy atom. The molecule has 2 nitrogen and oxygen atoms in total. The molecule has 0 saturated heterocycles. The van der Waals surface area contributed by atoms with Gasteiger partial charge in [0.15, 0.2) is 5.78 Å². The minimum Gasteiger partial charge on any atom is -0.310 e. The normalized spacial score (nSPS) is 10.3. The summed E-state index contributed by atoms with van der Waals surface area (Å²) < 4.78 is 0. The standard InChI is InChI=1S/C14H21NO/c1-2-3-4-8-11-15-12-14(16)13-9-6-5-7-10-13/h5-7,9-10,15H,2-4,8,11-12H2,1H3. The molecule has 1 rings (SSSR count). The molecule has 0 heterocycles. The quantitative estimate of drug-likeness (QED) is 0.538. The third kappa shape index (κ3) is 5.08.